The number of esters is 1. The zero-order valence-corrected chi connectivity index (χ0v) is 10.9. The molecule has 2 unspecified atom stereocenters. The number of carbonyl (C=O) groups excluding carboxylic acids is 1. The van der Waals surface area contributed by atoms with E-state index in [9.17, 15) is 4.79 Å². The smallest absolute Gasteiger partial charge is 0.326 e. The molecule has 1 saturated carbocycles. The van der Waals surface area contributed by atoms with Crippen LogP contribution in [0.25, 0.3) is 0 Å². The Morgan fingerprint density at radius 1 is 1.44 bits per heavy atom. The summed E-state index contributed by atoms with van der Waals surface area (Å²) in [5.74, 6) is -0.0395. The first-order chi connectivity index (χ1) is 8.66. The quantitative estimate of drug-likeness (QED) is 0.830. The van der Waals surface area contributed by atoms with E-state index >= 15 is 0 Å². The fourth-order valence-corrected chi connectivity index (χ4v) is 2.82. The van der Waals surface area contributed by atoms with Crippen molar-refractivity contribution in [2.24, 2.45) is 11.7 Å². The van der Waals surface area contributed by atoms with E-state index in [0.717, 1.165) is 25.7 Å². The monoisotopic (exact) mass is 247 g/mol. The summed E-state index contributed by atoms with van der Waals surface area (Å²) >= 11 is 0. The Morgan fingerprint density at radius 3 is 2.83 bits per heavy atom. The highest BCUT2D eigenvalue weighted by Gasteiger charge is 2.46. The lowest BCUT2D eigenvalue weighted by atomic mass is 9.83. The van der Waals surface area contributed by atoms with Gasteiger partial charge in [0.1, 0.15) is 5.54 Å². The van der Waals surface area contributed by atoms with Gasteiger partial charge in [-0.25, -0.2) is 0 Å². The fourth-order valence-electron chi connectivity index (χ4n) is 2.82. The predicted molar refractivity (Wildman–Crippen MR) is 71.0 cm³/mol. The zero-order chi connectivity index (χ0) is 13.0. The average molecular weight is 247 g/mol. The molecule has 1 aromatic rings. The van der Waals surface area contributed by atoms with Gasteiger partial charge < -0.3 is 10.5 Å². The second-order valence-electron chi connectivity index (χ2n) is 5.04. The summed E-state index contributed by atoms with van der Waals surface area (Å²) in [5, 5.41) is 0. The van der Waals surface area contributed by atoms with E-state index in [-0.39, 0.29) is 11.9 Å². The molecule has 0 aromatic heterocycles. The van der Waals surface area contributed by atoms with Crippen LogP contribution in [0.5, 0.6) is 0 Å². The first-order valence-electron chi connectivity index (χ1n) is 6.67. The van der Waals surface area contributed by atoms with Crippen molar-refractivity contribution >= 4 is 5.97 Å². The normalized spacial score (nSPS) is 27.1. The first kappa shape index (κ1) is 13.1. The molecule has 0 radical (unpaired) electrons. The van der Waals surface area contributed by atoms with Crippen LogP contribution in [0, 0.1) is 5.92 Å². The van der Waals surface area contributed by atoms with Gasteiger partial charge in [-0.15, -0.1) is 0 Å². The number of hydrogen-bond donors (Lipinski definition) is 1. The predicted octanol–water partition coefficient (Wildman–Crippen LogP) is 2.29. The number of rotatable bonds is 4. The third-order valence-corrected chi connectivity index (χ3v) is 3.85. The van der Waals surface area contributed by atoms with Crippen molar-refractivity contribution in [2.75, 3.05) is 6.61 Å². The van der Waals surface area contributed by atoms with E-state index in [1.165, 1.54) is 5.56 Å². The number of carbonyl (C=O) groups is 1. The maximum atomic E-state index is 12.0. The first-order valence-corrected chi connectivity index (χ1v) is 6.67. The molecule has 1 fully saturated rings. The van der Waals surface area contributed by atoms with E-state index in [4.69, 9.17) is 10.5 Å². The summed E-state index contributed by atoms with van der Waals surface area (Å²) < 4.78 is 5.13. The van der Waals surface area contributed by atoms with E-state index < -0.39 is 5.54 Å². The summed E-state index contributed by atoms with van der Waals surface area (Å²) in [7, 11) is 0. The molecule has 2 rings (SSSR count). The number of benzene rings is 1. The van der Waals surface area contributed by atoms with E-state index in [0.29, 0.717) is 6.61 Å². The van der Waals surface area contributed by atoms with Gasteiger partial charge in [0.15, 0.2) is 0 Å². The Balaban J connectivity index is 2.10. The maximum Gasteiger partial charge on any atom is 0.326 e. The van der Waals surface area contributed by atoms with Gasteiger partial charge in [-0.05, 0) is 37.7 Å². The average Bonchev–Trinajstić information content (AvgIpc) is 2.74. The van der Waals surface area contributed by atoms with Crippen LogP contribution in [0.4, 0.5) is 0 Å². The van der Waals surface area contributed by atoms with Gasteiger partial charge in [0.05, 0.1) is 6.61 Å². The summed E-state index contributed by atoms with van der Waals surface area (Å²) in [4.78, 5) is 12.0. The minimum atomic E-state index is -0.786. The molecule has 2 N–H and O–H groups in total. The highest BCUT2D eigenvalue weighted by atomic mass is 16.5. The SMILES string of the molecule is CCOC(=O)C1(N)CCCC1Cc1ccccc1. The number of nitrogens with two attached hydrogens (primary N) is 1. The van der Waals surface area contributed by atoms with Crippen molar-refractivity contribution in [1.82, 2.24) is 0 Å². The van der Waals surface area contributed by atoms with Crippen molar-refractivity contribution in [3.63, 3.8) is 0 Å². The van der Waals surface area contributed by atoms with Crippen molar-refractivity contribution in [3.05, 3.63) is 35.9 Å². The lowest BCUT2D eigenvalue weighted by Crippen LogP contribution is -2.52. The zero-order valence-electron chi connectivity index (χ0n) is 10.9. The second-order valence-corrected chi connectivity index (χ2v) is 5.04. The molecule has 0 amide bonds. The molecular weight excluding hydrogens is 226 g/mol. The largest absolute Gasteiger partial charge is 0.465 e. The molecule has 18 heavy (non-hydrogen) atoms. The Labute approximate surface area is 108 Å². The standard InChI is InChI=1S/C15H21NO2/c1-2-18-14(17)15(16)10-6-9-13(15)11-12-7-4-3-5-8-12/h3-5,7-8,13H,2,6,9-11,16H2,1H3. The highest BCUT2D eigenvalue weighted by molar-refractivity contribution is 5.81. The van der Waals surface area contributed by atoms with Gasteiger partial charge in [0.25, 0.3) is 0 Å². The van der Waals surface area contributed by atoms with Crippen LogP contribution in [0.15, 0.2) is 30.3 Å². The van der Waals surface area contributed by atoms with Gasteiger partial charge in [-0.1, -0.05) is 36.8 Å². The van der Waals surface area contributed by atoms with Gasteiger partial charge in [0, 0.05) is 0 Å². The summed E-state index contributed by atoms with van der Waals surface area (Å²) in [6.07, 6.45) is 3.61. The molecule has 0 bridgehead atoms. The van der Waals surface area contributed by atoms with Gasteiger partial charge in [-0.3, -0.25) is 4.79 Å². The van der Waals surface area contributed by atoms with E-state index in [2.05, 4.69) is 12.1 Å². The molecule has 0 saturated heterocycles. The van der Waals surface area contributed by atoms with Crippen LogP contribution in [0.3, 0.4) is 0 Å². The Bertz CT molecular complexity index is 404. The van der Waals surface area contributed by atoms with Gasteiger partial charge in [-0.2, -0.15) is 0 Å². The molecule has 1 aromatic carbocycles. The third-order valence-electron chi connectivity index (χ3n) is 3.85. The number of ether oxygens (including phenoxy) is 1. The van der Waals surface area contributed by atoms with Crippen molar-refractivity contribution in [1.29, 1.82) is 0 Å². The topological polar surface area (TPSA) is 52.3 Å². The Hall–Kier alpha value is -1.35. The molecule has 0 aliphatic heterocycles. The molecule has 1 aliphatic carbocycles. The van der Waals surface area contributed by atoms with Crippen LogP contribution in [0.1, 0.15) is 31.7 Å². The van der Waals surface area contributed by atoms with Crippen LogP contribution < -0.4 is 5.73 Å². The van der Waals surface area contributed by atoms with Crippen LogP contribution in [0.2, 0.25) is 0 Å². The molecule has 3 nitrogen and oxygen atoms in total. The van der Waals surface area contributed by atoms with Crippen LogP contribution in [-0.4, -0.2) is 18.1 Å². The van der Waals surface area contributed by atoms with Crippen molar-refractivity contribution < 1.29 is 9.53 Å². The third kappa shape index (κ3) is 2.56. The van der Waals surface area contributed by atoms with Crippen molar-refractivity contribution in [2.45, 2.75) is 38.1 Å². The molecular formula is C15H21NO2. The van der Waals surface area contributed by atoms with Gasteiger partial charge in [0.2, 0.25) is 0 Å². The van der Waals surface area contributed by atoms with Crippen LogP contribution in [-0.2, 0) is 16.0 Å². The molecule has 0 heterocycles. The molecule has 0 spiro atoms. The minimum absolute atomic E-state index is 0.193. The molecule has 98 valence electrons. The Kier molecular flexibility index (Phi) is 4.02. The van der Waals surface area contributed by atoms with Gasteiger partial charge >= 0.3 is 5.97 Å². The lowest BCUT2D eigenvalue weighted by molar-refractivity contribution is -0.151. The molecule has 2 atom stereocenters. The van der Waals surface area contributed by atoms with E-state index in [1.54, 1.807) is 0 Å². The summed E-state index contributed by atoms with van der Waals surface area (Å²) in [6, 6.07) is 10.2. The summed E-state index contributed by atoms with van der Waals surface area (Å²) in [5.41, 5.74) is 6.76. The van der Waals surface area contributed by atoms with E-state index in [1.807, 2.05) is 25.1 Å². The number of hydrogen-bond acceptors (Lipinski definition) is 3. The van der Waals surface area contributed by atoms with Crippen molar-refractivity contribution in [3.8, 4) is 0 Å². The second kappa shape index (κ2) is 5.53. The Morgan fingerprint density at radius 2 is 2.17 bits per heavy atom. The molecule has 3 heteroatoms. The highest BCUT2D eigenvalue weighted by Crippen LogP contribution is 2.37. The lowest BCUT2D eigenvalue weighted by Gasteiger charge is -2.29. The fraction of sp³-hybridized carbons (Fsp3) is 0.533. The summed E-state index contributed by atoms with van der Waals surface area (Å²) in [6.45, 7) is 2.22. The molecule has 1 aliphatic rings. The maximum absolute atomic E-state index is 12.0. The minimum Gasteiger partial charge on any atom is -0.465 e. The van der Waals surface area contributed by atoms with Crippen LogP contribution >= 0.6 is 0 Å².